The fourth-order valence-electron chi connectivity index (χ4n) is 4.07. The number of halogens is 1. The molecule has 0 aromatic carbocycles. The molecular formula is C18H18FN5O. The highest BCUT2D eigenvalue weighted by atomic mass is 19.2. The zero-order valence-corrected chi connectivity index (χ0v) is 13.6. The van der Waals surface area contributed by atoms with E-state index in [0.717, 1.165) is 24.8 Å². The lowest BCUT2D eigenvalue weighted by atomic mass is 9.61. The molecule has 3 aromatic heterocycles. The van der Waals surface area contributed by atoms with Crippen molar-refractivity contribution >= 4 is 16.8 Å². The van der Waals surface area contributed by atoms with Gasteiger partial charge in [-0.15, -0.1) is 5.10 Å². The Morgan fingerprint density at radius 3 is 2.96 bits per heavy atom. The molecule has 2 unspecified atom stereocenters. The lowest BCUT2D eigenvalue weighted by molar-refractivity contribution is -0.125. The van der Waals surface area contributed by atoms with Gasteiger partial charge in [0.15, 0.2) is 0 Å². The molecule has 1 saturated carbocycles. The third-order valence-corrected chi connectivity index (χ3v) is 5.30. The van der Waals surface area contributed by atoms with Crippen LogP contribution in [0.25, 0.3) is 10.9 Å². The summed E-state index contributed by atoms with van der Waals surface area (Å²) in [5.74, 6) is -0.502. The maximum absolute atomic E-state index is 13.6. The van der Waals surface area contributed by atoms with Gasteiger partial charge in [0.25, 0.3) is 0 Å². The first kappa shape index (κ1) is 15.7. The van der Waals surface area contributed by atoms with E-state index in [1.807, 2.05) is 12.1 Å². The molecule has 0 saturated heterocycles. The van der Waals surface area contributed by atoms with Gasteiger partial charge in [-0.05, 0) is 30.5 Å². The van der Waals surface area contributed by atoms with Crippen LogP contribution < -0.4 is 5.73 Å². The smallest absolute Gasteiger partial charge is 0.230 e. The van der Waals surface area contributed by atoms with Crippen LogP contribution >= 0.6 is 0 Å². The summed E-state index contributed by atoms with van der Waals surface area (Å²) in [5.41, 5.74) is 6.82. The minimum atomic E-state index is -0.923. The second-order valence-electron chi connectivity index (χ2n) is 6.55. The summed E-state index contributed by atoms with van der Waals surface area (Å²) < 4.78 is 13.6. The van der Waals surface area contributed by atoms with Crippen molar-refractivity contribution in [1.82, 2.24) is 20.0 Å². The predicted molar refractivity (Wildman–Crippen MR) is 90.4 cm³/mol. The van der Waals surface area contributed by atoms with Crippen LogP contribution in [0.2, 0.25) is 0 Å². The van der Waals surface area contributed by atoms with Crippen molar-refractivity contribution in [2.45, 2.75) is 37.0 Å². The first-order valence-electron chi connectivity index (χ1n) is 8.33. The van der Waals surface area contributed by atoms with E-state index in [-0.39, 0.29) is 16.3 Å². The highest BCUT2D eigenvalue weighted by Crippen LogP contribution is 2.48. The summed E-state index contributed by atoms with van der Waals surface area (Å²) in [6.07, 6.45) is 9.68. The van der Waals surface area contributed by atoms with Gasteiger partial charge in [-0.2, -0.15) is 0 Å². The Bertz CT molecular complexity index is 926. The van der Waals surface area contributed by atoms with Crippen molar-refractivity contribution in [3.8, 4) is 0 Å². The second-order valence-corrected chi connectivity index (χ2v) is 6.55. The predicted octanol–water partition coefficient (Wildman–Crippen LogP) is 2.64. The molecule has 2 N–H and O–H groups in total. The van der Waals surface area contributed by atoms with E-state index in [1.165, 1.54) is 12.4 Å². The van der Waals surface area contributed by atoms with Crippen LogP contribution in [0, 0.1) is 0 Å². The molecule has 4 rings (SSSR count). The number of amides is 1. The van der Waals surface area contributed by atoms with Gasteiger partial charge in [0.2, 0.25) is 5.91 Å². The molecular weight excluding hydrogens is 321 g/mol. The van der Waals surface area contributed by atoms with Crippen molar-refractivity contribution in [3.63, 3.8) is 0 Å². The Morgan fingerprint density at radius 1 is 1.32 bits per heavy atom. The summed E-state index contributed by atoms with van der Waals surface area (Å²) in [6.45, 7) is 0. The fraction of sp³-hybridized carbons (Fsp3) is 0.333. The molecule has 25 heavy (non-hydrogen) atoms. The molecule has 0 aliphatic heterocycles. The molecule has 1 aliphatic rings. The van der Waals surface area contributed by atoms with Crippen LogP contribution in [0.5, 0.6) is 0 Å². The molecule has 1 aliphatic carbocycles. The topological polar surface area (TPSA) is 86.7 Å². The van der Waals surface area contributed by atoms with Crippen molar-refractivity contribution in [2.75, 3.05) is 0 Å². The van der Waals surface area contributed by atoms with Gasteiger partial charge in [-0.3, -0.25) is 14.8 Å². The molecule has 1 fully saturated rings. The molecule has 6 nitrogen and oxygen atoms in total. The first-order valence-corrected chi connectivity index (χ1v) is 8.33. The van der Waals surface area contributed by atoms with Crippen LogP contribution in [0.4, 0.5) is 4.48 Å². The van der Waals surface area contributed by atoms with E-state index < -0.39 is 11.3 Å². The zero-order chi connectivity index (χ0) is 17.4. The molecule has 0 bridgehead atoms. The zero-order valence-electron chi connectivity index (χ0n) is 13.6. The van der Waals surface area contributed by atoms with Crippen molar-refractivity contribution < 1.29 is 9.28 Å². The van der Waals surface area contributed by atoms with Crippen LogP contribution in [0.15, 0.2) is 43.0 Å². The number of carbonyl (C=O) groups excluding carboxylic acids is 1. The average molecular weight is 339 g/mol. The van der Waals surface area contributed by atoms with Crippen molar-refractivity contribution in [3.05, 3.63) is 54.2 Å². The Hall–Kier alpha value is -2.83. The fourth-order valence-corrected chi connectivity index (χ4v) is 4.07. The number of nitrogens with two attached hydrogens (primary N) is 1. The standard InChI is InChI=1S/C18H18FN5O/c19-24-15-11-22-16(8-13(15)10-23-24)18(17(20)25)6-2-1-5-14(18)12-4-3-7-21-9-12/h3-4,7-11,14H,1-2,5-6H2,(H2,20,25). The summed E-state index contributed by atoms with van der Waals surface area (Å²) >= 11 is 0. The minimum Gasteiger partial charge on any atom is -0.369 e. The number of pyridine rings is 2. The van der Waals surface area contributed by atoms with Gasteiger partial charge in [0.05, 0.1) is 23.5 Å². The van der Waals surface area contributed by atoms with Crippen LogP contribution in [-0.2, 0) is 10.2 Å². The Kier molecular flexibility index (Phi) is 3.71. The number of nitrogens with zero attached hydrogens (tertiary/aromatic N) is 4. The van der Waals surface area contributed by atoms with Gasteiger partial charge in [-0.25, -0.2) is 0 Å². The lowest BCUT2D eigenvalue weighted by Gasteiger charge is -2.41. The summed E-state index contributed by atoms with van der Waals surface area (Å²) in [4.78, 5) is 21.6. The van der Waals surface area contributed by atoms with E-state index in [4.69, 9.17) is 5.73 Å². The highest BCUT2D eigenvalue weighted by Gasteiger charge is 2.49. The SMILES string of the molecule is NC(=O)C1(c2cc3cnn(F)c3cn2)CCCCC1c1cccnc1. The third kappa shape index (κ3) is 2.38. The highest BCUT2D eigenvalue weighted by molar-refractivity contribution is 5.89. The maximum atomic E-state index is 13.6. The van der Waals surface area contributed by atoms with Crippen molar-refractivity contribution in [2.24, 2.45) is 5.73 Å². The Labute approximate surface area is 143 Å². The van der Waals surface area contributed by atoms with Gasteiger partial charge in [-0.1, -0.05) is 28.3 Å². The van der Waals surface area contributed by atoms with E-state index in [0.29, 0.717) is 17.5 Å². The van der Waals surface area contributed by atoms with Crippen molar-refractivity contribution in [1.29, 1.82) is 0 Å². The number of fused-ring (bicyclic) bond motifs is 1. The van der Waals surface area contributed by atoms with E-state index in [9.17, 15) is 9.28 Å². The van der Waals surface area contributed by atoms with Gasteiger partial charge < -0.3 is 5.73 Å². The largest absolute Gasteiger partial charge is 0.369 e. The molecule has 0 radical (unpaired) electrons. The number of rotatable bonds is 3. The lowest BCUT2D eigenvalue weighted by Crippen LogP contribution is -2.48. The Morgan fingerprint density at radius 2 is 2.20 bits per heavy atom. The van der Waals surface area contributed by atoms with E-state index in [1.54, 1.807) is 18.5 Å². The van der Waals surface area contributed by atoms with E-state index >= 15 is 0 Å². The summed E-state index contributed by atoms with van der Waals surface area (Å²) in [7, 11) is 0. The number of aromatic nitrogens is 4. The maximum Gasteiger partial charge on any atom is 0.230 e. The average Bonchev–Trinajstić information content (AvgIpc) is 3.02. The molecule has 7 heteroatoms. The monoisotopic (exact) mass is 339 g/mol. The quantitative estimate of drug-likeness (QED) is 0.795. The van der Waals surface area contributed by atoms with Gasteiger partial charge in [0.1, 0.15) is 5.52 Å². The molecule has 3 aromatic rings. The molecule has 1 amide bonds. The minimum absolute atomic E-state index is 0.0992. The van der Waals surface area contributed by atoms with E-state index in [2.05, 4.69) is 15.1 Å². The molecule has 2 atom stereocenters. The Balaban J connectivity index is 1.90. The van der Waals surface area contributed by atoms with Crippen LogP contribution in [0.3, 0.4) is 0 Å². The second kappa shape index (κ2) is 5.91. The summed E-state index contributed by atoms with van der Waals surface area (Å²) in [5, 5.41) is 4.21. The third-order valence-electron chi connectivity index (χ3n) is 5.30. The normalized spacial score (nSPS) is 23.6. The van der Waals surface area contributed by atoms with Gasteiger partial charge >= 0.3 is 0 Å². The molecule has 3 heterocycles. The summed E-state index contributed by atoms with van der Waals surface area (Å²) in [6, 6.07) is 5.57. The number of hydrogen-bond acceptors (Lipinski definition) is 4. The molecule has 128 valence electrons. The first-order chi connectivity index (χ1) is 12.1. The molecule has 0 spiro atoms. The number of carbonyl (C=O) groups is 1. The van der Waals surface area contributed by atoms with Crippen LogP contribution in [-0.4, -0.2) is 25.9 Å². The van der Waals surface area contributed by atoms with Crippen LogP contribution in [0.1, 0.15) is 42.9 Å². The number of primary amides is 1. The van der Waals surface area contributed by atoms with Gasteiger partial charge in [0, 0.05) is 23.7 Å². The number of hydrogen-bond donors (Lipinski definition) is 1.